The number of carbonyl (C=O) groups excluding carboxylic acids is 1. The first-order chi connectivity index (χ1) is 17.5. The van der Waals surface area contributed by atoms with Crippen LogP contribution < -0.4 is 5.32 Å². The zero-order chi connectivity index (χ0) is 25.1. The third-order valence-electron chi connectivity index (χ3n) is 6.32. The van der Waals surface area contributed by atoms with E-state index in [4.69, 9.17) is 4.52 Å². The van der Waals surface area contributed by atoms with Gasteiger partial charge in [-0.3, -0.25) is 14.6 Å². The van der Waals surface area contributed by atoms with E-state index in [1.807, 2.05) is 37.3 Å². The lowest BCUT2D eigenvalue weighted by molar-refractivity contribution is -0.117. The fourth-order valence-corrected chi connectivity index (χ4v) is 4.33. The van der Waals surface area contributed by atoms with Gasteiger partial charge in [-0.2, -0.15) is 10.1 Å². The fourth-order valence-electron chi connectivity index (χ4n) is 4.33. The van der Waals surface area contributed by atoms with Crippen LogP contribution in [0.5, 0.6) is 0 Å². The van der Waals surface area contributed by atoms with E-state index in [1.54, 1.807) is 22.9 Å². The molecule has 1 aliphatic heterocycles. The largest absolute Gasteiger partial charge is 0.337 e. The SMILES string of the molecule is Cc1cc(NC(=O)CN2CCN(C(C)c3nc(-c4ccccc4)no3)CC2)n(-c2ccc(F)cc2)n1. The molecule has 5 rings (SSSR count). The third kappa shape index (κ3) is 5.34. The minimum Gasteiger partial charge on any atom is -0.337 e. The predicted octanol–water partition coefficient (Wildman–Crippen LogP) is 3.69. The topological polar surface area (TPSA) is 92.3 Å². The van der Waals surface area contributed by atoms with Crippen LogP contribution in [0, 0.1) is 12.7 Å². The standard InChI is InChI=1S/C26H28FN7O2/c1-18-16-23(34(30-18)22-10-8-21(27)9-11-22)28-24(35)17-32-12-14-33(15-13-32)19(2)26-29-25(31-36-26)20-6-4-3-5-7-20/h3-11,16,19H,12-15,17H2,1-2H3,(H,28,35). The van der Waals surface area contributed by atoms with Gasteiger partial charge in [-0.1, -0.05) is 35.5 Å². The Kier molecular flexibility index (Phi) is 6.88. The summed E-state index contributed by atoms with van der Waals surface area (Å²) in [5, 5.41) is 11.5. The molecule has 1 atom stereocenters. The van der Waals surface area contributed by atoms with Crippen molar-refractivity contribution < 1.29 is 13.7 Å². The highest BCUT2D eigenvalue weighted by molar-refractivity contribution is 5.91. The van der Waals surface area contributed by atoms with Crippen molar-refractivity contribution in [2.45, 2.75) is 19.9 Å². The van der Waals surface area contributed by atoms with E-state index in [0.29, 0.717) is 23.2 Å². The molecule has 3 heterocycles. The Balaban J connectivity index is 1.15. The molecule has 4 aromatic rings. The second-order valence-electron chi connectivity index (χ2n) is 8.92. The number of carbonyl (C=O) groups is 1. The summed E-state index contributed by atoms with van der Waals surface area (Å²) < 4.78 is 20.5. The maximum atomic E-state index is 13.3. The third-order valence-corrected chi connectivity index (χ3v) is 6.32. The molecule has 0 bridgehead atoms. The van der Waals surface area contributed by atoms with Crippen LogP contribution in [0.2, 0.25) is 0 Å². The van der Waals surface area contributed by atoms with Gasteiger partial charge in [0, 0.05) is 37.8 Å². The van der Waals surface area contributed by atoms with Crippen molar-refractivity contribution in [3.05, 3.63) is 78.1 Å². The van der Waals surface area contributed by atoms with Crippen molar-refractivity contribution in [3.63, 3.8) is 0 Å². The second kappa shape index (κ2) is 10.4. The van der Waals surface area contributed by atoms with Gasteiger partial charge in [-0.15, -0.1) is 0 Å². The summed E-state index contributed by atoms with van der Waals surface area (Å²) in [4.78, 5) is 21.8. The molecule has 1 aliphatic rings. The highest BCUT2D eigenvalue weighted by Gasteiger charge is 2.27. The molecule has 1 saturated heterocycles. The van der Waals surface area contributed by atoms with Crippen LogP contribution in [0.15, 0.2) is 65.2 Å². The molecule has 10 heteroatoms. The van der Waals surface area contributed by atoms with E-state index in [2.05, 4.69) is 37.3 Å². The van der Waals surface area contributed by atoms with Crippen LogP contribution in [0.1, 0.15) is 24.6 Å². The molecule has 0 radical (unpaired) electrons. The first-order valence-electron chi connectivity index (χ1n) is 11.9. The average Bonchev–Trinajstić information content (AvgIpc) is 3.52. The Morgan fingerprint density at radius 3 is 2.53 bits per heavy atom. The van der Waals surface area contributed by atoms with Gasteiger partial charge in [0.25, 0.3) is 0 Å². The summed E-state index contributed by atoms with van der Waals surface area (Å²) in [6.45, 7) is 7.23. The lowest BCUT2D eigenvalue weighted by Crippen LogP contribution is -2.49. The first kappa shape index (κ1) is 23.8. The Labute approximate surface area is 208 Å². The number of amides is 1. The van der Waals surface area contributed by atoms with E-state index < -0.39 is 0 Å². The maximum absolute atomic E-state index is 13.3. The number of hydrogen-bond acceptors (Lipinski definition) is 7. The van der Waals surface area contributed by atoms with Crippen LogP contribution in [-0.2, 0) is 4.79 Å². The van der Waals surface area contributed by atoms with Gasteiger partial charge < -0.3 is 9.84 Å². The molecule has 0 aliphatic carbocycles. The fraction of sp³-hybridized carbons (Fsp3) is 0.308. The van der Waals surface area contributed by atoms with Gasteiger partial charge in [-0.05, 0) is 38.1 Å². The van der Waals surface area contributed by atoms with Gasteiger partial charge >= 0.3 is 0 Å². The summed E-state index contributed by atoms with van der Waals surface area (Å²) in [5.41, 5.74) is 2.36. The minimum atomic E-state index is -0.322. The zero-order valence-corrected chi connectivity index (χ0v) is 20.3. The van der Waals surface area contributed by atoms with Crippen molar-refractivity contribution in [2.75, 3.05) is 38.0 Å². The Morgan fingerprint density at radius 1 is 1.08 bits per heavy atom. The Morgan fingerprint density at radius 2 is 1.81 bits per heavy atom. The van der Waals surface area contributed by atoms with Crippen LogP contribution in [0.4, 0.5) is 10.2 Å². The molecule has 2 aromatic heterocycles. The molecule has 1 fully saturated rings. The molecule has 1 amide bonds. The summed E-state index contributed by atoms with van der Waals surface area (Å²) in [6.07, 6.45) is 0. The number of aromatic nitrogens is 4. The molecular formula is C26H28FN7O2. The quantitative estimate of drug-likeness (QED) is 0.423. The van der Waals surface area contributed by atoms with E-state index in [-0.39, 0.29) is 24.3 Å². The van der Waals surface area contributed by atoms with Crippen molar-refractivity contribution in [3.8, 4) is 17.1 Å². The molecular weight excluding hydrogens is 461 g/mol. The summed E-state index contributed by atoms with van der Waals surface area (Å²) in [5.74, 6) is 1.29. The van der Waals surface area contributed by atoms with Crippen LogP contribution in [0.3, 0.4) is 0 Å². The monoisotopic (exact) mass is 489 g/mol. The minimum absolute atomic E-state index is 0.0148. The number of benzene rings is 2. The van der Waals surface area contributed by atoms with Crippen LogP contribution >= 0.6 is 0 Å². The van der Waals surface area contributed by atoms with Gasteiger partial charge in [0.15, 0.2) is 0 Å². The predicted molar refractivity (Wildman–Crippen MR) is 133 cm³/mol. The number of piperazine rings is 1. The number of nitrogens with zero attached hydrogens (tertiary/aromatic N) is 6. The number of halogens is 1. The van der Waals surface area contributed by atoms with Crippen molar-refractivity contribution >= 4 is 11.7 Å². The maximum Gasteiger partial charge on any atom is 0.244 e. The number of nitrogens with one attached hydrogen (secondary N) is 1. The van der Waals surface area contributed by atoms with Crippen LogP contribution in [0.25, 0.3) is 17.1 Å². The zero-order valence-electron chi connectivity index (χ0n) is 20.3. The summed E-state index contributed by atoms with van der Waals surface area (Å²) in [6, 6.07) is 17.5. The van der Waals surface area contributed by atoms with E-state index >= 15 is 0 Å². The van der Waals surface area contributed by atoms with Gasteiger partial charge in [0.1, 0.15) is 11.6 Å². The highest BCUT2D eigenvalue weighted by atomic mass is 19.1. The van der Waals surface area contributed by atoms with E-state index in [9.17, 15) is 9.18 Å². The van der Waals surface area contributed by atoms with Gasteiger partial charge in [0.05, 0.1) is 24.0 Å². The lowest BCUT2D eigenvalue weighted by Gasteiger charge is -2.36. The number of anilines is 1. The first-order valence-corrected chi connectivity index (χ1v) is 11.9. The Bertz CT molecular complexity index is 1310. The Hall–Kier alpha value is -3.89. The molecule has 36 heavy (non-hydrogen) atoms. The molecule has 0 saturated carbocycles. The van der Waals surface area contributed by atoms with Crippen molar-refractivity contribution in [1.29, 1.82) is 0 Å². The molecule has 1 unspecified atom stereocenters. The van der Waals surface area contributed by atoms with Crippen LogP contribution in [-0.4, -0.2) is 68.4 Å². The highest BCUT2D eigenvalue weighted by Crippen LogP contribution is 2.23. The smallest absolute Gasteiger partial charge is 0.244 e. The van der Waals surface area contributed by atoms with Crippen molar-refractivity contribution in [1.82, 2.24) is 29.7 Å². The van der Waals surface area contributed by atoms with Gasteiger partial charge in [0.2, 0.25) is 17.6 Å². The molecule has 9 nitrogen and oxygen atoms in total. The molecule has 186 valence electrons. The average molecular weight is 490 g/mol. The number of hydrogen-bond donors (Lipinski definition) is 1. The van der Waals surface area contributed by atoms with E-state index in [0.717, 1.165) is 37.4 Å². The van der Waals surface area contributed by atoms with E-state index in [1.165, 1.54) is 12.1 Å². The number of rotatable bonds is 7. The molecule has 2 aromatic carbocycles. The second-order valence-corrected chi connectivity index (χ2v) is 8.92. The lowest BCUT2D eigenvalue weighted by atomic mass is 10.2. The normalized spacial score (nSPS) is 15.6. The number of aryl methyl sites for hydroxylation is 1. The molecule has 1 N–H and O–H groups in total. The summed E-state index contributed by atoms with van der Waals surface area (Å²) in [7, 11) is 0. The van der Waals surface area contributed by atoms with Crippen molar-refractivity contribution in [2.24, 2.45) is 0 Å². The summed E-state index contributed by atoms with van der Waals surface area (Å²) >= 11 is 0. The molecule has 0 spiro atoms. The van der Waals surface area contributed by atoms with Gasteiger partial charge in [-0.25, -0.2) is 9.07 Å².